The number of fused-ring (bicyclic) bond motifs is 6. The molecular formula is C25H15NO10. The van der Waals surface area contributed by atoms with Crippen molar-refractivity contribution in [1.29, 1.82) is 0 Å². The molecule has 0 unspecified atom stereocenters. The zero-order chi connectivity index (χ0) is 25.5. The normalized spacial score (nSPS) is 16.9. The van der Waals surface area contributed by atoms with Gasteiger partial charge in [-0.25, -0.2) is 14.5 Å². The largest absolute Gasteiger partial charge is 0.508 e. The van der Waals surface area contributed by atoms with Crippen molar-refractivity contribution in [3.05, 3.63) is 70.3 Å². The molecule has 3 aromatic rings. The standard InChI is InChI=1S/C25H15NO10/c27-10-1-3-12-16(7-10)35-17-8-11(28)2-4-13(17)25(12)14-9-15(29)22(26-18(30)5-6-19(26)31)21(23(32)33)20(14)24(34)36-25/h1-4,7-9,27-29H,5-6H2,(H,32,33). The molecule has 0 atom stereocenters. The first-order chi connectivity index (χ1) is 17.1. The van der Waals surface area contributed by atoms with Gasteiger partial charge in [0.25, 0.3) is 0 Å². The molecule has 1 spiro atoms. The van der Waals surface area contributed by atoms with E-state index in [0.29, 0.717) is 4.90 Å². The smallest absolute Gasteiger partial charge is 0.341 e. The maximum absolute atomic E-state index is 13.4. The second-order valence-corrected chi connectivity index (χ2v) is 8.50. The lowest BCUT2D eigenvalue weighted by molar-refractivity contribution is -0.121. The van der Waals surface area contributed by atoms with Crippen LogP contribution in [0.4, 0.5) is 5.69 Å². The van der Waals surface area contributed by atoms with E-state index in [1.807, 2.05) is 0 Å². The maximum Gasteiger partial charge on any atom is 0.341 e. The summed E-state index contributed by atoms with van der Waals surface area (Å²) in [6.45, 7) is 0. The molecule has 4 N–H and O–H groups in total. The van der Waals surface area contributed by atoms with Gasteiger partial charge in [-0.15, -0.1) is 0 Å². The van der Waals surface area contributed by atoms with Gasteiger partial charge in [0, 0.05) is 41.7 Å². The van der Waals surface area contributed by atoms with E-state index in [-0.39, 0.29) is 52.5 Å². The molecule has 6 rings (SSSR count). The topological polar surface area (TPSA) is 171 Å². The zero-order valence-corrected chi connectivity index (χ0v) is 18.1. The molecule has 3 aliphatic heterocycles. The van der Waals surface area contributed by atoms with E-state index in [1.54, 1.807) is 0 Å². The summed E-state index contributed by atoms with van der Waals surface area (Å²) in [6.07, 6.45) is -0.345. The number of hydrogen-bond acceptors (Lipinski definition) is 9. The van der Waals surface area contributed by atoms with Crippen LogP contribution in [0.25, 0.3) is 0 Å². The SMILES string of the molecule is O=C1OC2(c3ccc(O)cc3Oc3cc(O)ccc32)c2cc(O)c(N3C(=O)CCC3=O)c(C(=O)O)c21. The van der Waals surface area contributed by atoms with Crippen LogP contribution in [0.3, 0.4) is 0 Å². The molecule has 3 heterocycles. The Morgan fingerprint density at radius 1 is 0.833 bits per heavy atom. The summed E-state index contributed by atoms with van der Waals surface area (Å²) in [7, 11) is 0. The fourth-order valence-corrected chi connectivity index (χ4v) is 5.09. The number of esters is 1. The Morgan fingerprint density at radius 3 is 1.92 bits per heavy atom. The van der Waals surface area contributed by atoms with Gasteiger partial charge < -0.3 is 29.9 Å². The van der Waals surface area contributed by atoms with Crippen LogP contribution < -0.4 is 9.64 Å². The molecule has 3 aromatic carbocycles. The molecule has 0 bridgehead atoms. The van der Waals surface area contributed by atoms with Crippen LogP contribution >= 0.6 is 0 Å². The number of nitrogens with zero attached hydrogens (tertiary/aromatic N) is 1. The Hall–Kier alpha value is -5.06. The minimum absolute atomic E-state index is 0.0547. The van der Waals surface area contributed by atoms with Crippen molar-refractivity contribution in [2.45, 2.75) is 18.4 Å². The van der Waals surface area contributed by atoms with E-state index < -0.39 is 51.9 Å². The summed E-state index contributed by atoms with van der Waals surface area (Å²) in [4.78, 5) is 51.2. The first-order valence-electron chi connectivity index (χ1n) is 10.7. The van der Waals surface area contributed by atoms with Gasteiger partial charge >= 0.3 is 11.9 Å². The van der Waals surface area contributed by atoms with Gasteiger partial charge in [0.05, 0.1) is 5.56 Å². The number of carboxylic acid groups (broad SMARTS) is 1. The van der Waals surface area contributed by atoms with Gasteiger partial charge in [-0.3, -0.25) is 9.59 Å². The number of benzene rings is 3. The number of ether oxygens (including phenoxy) is 2. The summed E-state index contributed by atoms with van der Waals surface area (Å²) >= 11 is 0. The molecule has 2 amide bonds. The minimum atomic E-state index is -1.84. The van der Waals surface area contributed by atoms with E-state index in [4.69, 9.17) is 9.47 Å². The van der Waals surface area contributed by atoms with E-state index >= 15 is 0 Å². The lowest BCUT2D eigenvalue weighted by Gasteiger charge is -2.36. The summed E-state index contributed by atoms with van der Waals surface area (Å²) < 4.78 is 11.7. The second kappa shape index (κ2) is 6.98. The lowest BCUT2D eigenvalue weighted by Crippen LogP contribution is -2.33. The van der Waals surface area contributed by atoms with Gasteiger partial charge in [0.15, 0.2) is 5.60 Å². The molecule has 0 aliphatic carbocycles. The molecule has 36 heavy (non-hydrogen) atoms. The van der Waals surface area contributed by atoms with Gasteiger partial charge in [-0.1, -0.05) is 0 Å². The molecule has 0 aromatic heterocycles. The highest BCUT2D eigenvalue weighted by Crippen LogP contribution is 2.59. The van der Waals surface area contributed by atoms with Crippen molar-refractivity contribution in [2.75, 3.05) is 4.90 Å². The number of carbonyl (C=O) groups is 4. The number of hydrogen-bond donors (Lipinski definition) is 4. The van der Waals surface area contributed by atoms with E-state index in [0.717, 1.165) is 6.07 Å². The number of rotatable bonds is 2. The maximum atomic E-state index is 13.4. The quantitative estimate of drug-likeness (QED) is 0.310. The lowest BCUT2D eigenvalue weighted by atomic mass is 9.76. The molecule has 1 saturated heterocycles. The molecule has 11 nitrogen and oxygen atoms in total. The Labute approximate surface area is 201 Å². The Kier molecular flexibility index (Phi) is 4.16. The average molecular weight is 489 g/mol. The Balaban J connectivity index is 1.73. The fraction of sp³-hybridized carbons (Fsp3) is 0.120. The molecule has 0 saturated carbocycles. The number of amides is 2. The van der Waals surface area contributed by atoms with Crippen molar-refractivity contribution in [3.8, 4) is 28.7 Å². The highest BCUT2D eigenvalue weighted by Gasteiger charge is 2.56. The summed E-state index contributed by atoms with van der Waals surface area (Å²) in [5, 5.41) is 41.1. The molecule has 11 heteroatoms. The first-order valence-corrected chi connectivity index (χ1v) is 10.7. The number of anilines is 1. The first kappa shape index (κ1) is 21.5. The second-order valence-electron chi connectivity index (χ2n) is 8.50. The van der Waals surface area contributed by atoms with Crippen LogP contribution in [0.5, 0.6) is 28.7 Å². The summed E-state index contributed by atoms with van der Waals surface area (Å²) in [5.41, 5.74) is -3.31. The minimum Gasteiger partial charge on any atom is -0.508 e. The van der Waals surface area contributed by atoms with E-state index in [9.17, 15) is 39.6 Å². The van der Waals surface area contributed by atoms with Crippen molar-refractivity contribution in [2.24, 2.45) is 0 Å². The number of carbonyl (C=O) groups excluding carboxylic acids is 3. The zero-order valence-electron chi connectivity index (χ0n) is 18.1. The van der Waals surface area contributed by atoms with Gasteiger partial charge in [0.1, 0.15) is 40.0 Å². The van der Waals surface area contributed by atoms with Crippen LogP contribution in [0.1, 0.15) is 50.2 Å². The van der Waals surface area contributed by atoms with E-state index in [2.05, 4.69) is 0 Å². The Morgan fingerprint density at radius 2 is 1.39 bits per heavy atom. The fourth-order valence-electron chi connectivity index (χ4n) is 5.09. The number of phenols is 3. The Bertz CT molecular complexity index is 1510. The number of aromatic hydroxyl groups is 3. The molecule has 0 radical (unpaired) electrons. The van der Waals surface area contributed by atoms with Crippen LogP contribution in [-0.2, 0) is 19.9 Å². The average Bonchev–Trinajstić information content (AvgIpc) is 3.28. The summed E-state index contributed by atoms with van der Waals surface area (Å²) in [6, 6.07) is 9.06. The third-order valence-corrected chi connectivity index (χ3v) is 6.51. The predicted molar refractivity (Wildman–Crippen MR) is 118 cm³/mol. The highest BCUT2D eigenvalue weighted by molar-refractivity contribution is 6.24. The monoisotopic (exact) mass is 489 g/mol. The predicted octanol–water partition coefficient (Wildman–Crippen LogP) is 2.72. The van der Waals surface area contributed by atoms with Crippen molar-refractivity contribution in [3.63, 3.8) is 0 Å². The molecule has 180 valence electrons. The number of phenolic OH excluding ortho intramolecular Hbond substituents is 3. The van der Waals surface area contributed by atoms with Gasteiger partial charge in [-0.05, 0) is 30.3 Å². The van der Waals surface area contributed by atoms with Gasteiger partial charge in [-0.2, -0.15) is 0 Å². The summed E-state index contributed by atoms with van der Waals surface area (Å²) in [5.74, 6) is -5.14. The van der Waals surface area contributed by atoms with Crippen LogP contribution in [0.2, 0.25) is 0 Å². The highest BCUT2D eigenvalue weighted by atomic mass is 16.6. The number of aromatic carboxylic acids is 1. The van der Waals surface area contributed by atoms with Gasteiger partial charge in [0.2, 0.25) is 11.8 Å². The third-order valence-electron chi connectivity index (χ3n) is 6.51. The van der Waals surface area contributed by atoms with Crippen LogP contribution in [0, 0.1) is 0 Å². The van der Waals surface area contributed by atoms with E-state index in [1.165, 1.54) is 36.4 Å². The molecule has 3 aliphatic rings. The van der Waals surface area contributed by atoms with Crippen LogP contribution in [-0.4, -0.2) is 44.2 Å². The number of carboxylic acids is 1. The number of imide groups is 1. The molecule has 1 fully saturated rings. The van der Waals surface area contributed by atoms with Crippen molar-refractivity contribution < 1.29 is 49.1 Å². The van der Waals surface area contributed by atoms with Crippen molar-refractivity contribution in [1.82, 2.24) is 0 Å². The van der Waals surface area contributed by atoms with Crippen molar-refractivity contribution >= 4 is 29.4 Å². The third kappa shape index (κ3) is 2.62. The van der Waals surface area contributed by atoms with Crippen LogP contribution in [0.15, 0.2) is 42.5 Å². The molecular weight excluding hydrogens is 474 g/mol.